The number of hydrogen-bond acceptors (Lipinski definition) is 3. The smallest absolute Gasteiger partial charge is 0.272 e. The molecular weight excluding hydrogens is 419 g/mol. The fourth-order valence-electron chi connectivity index (χ4n) is 3.16. The molecule has 5 nitrogen and oxygen atoms in total. The van der Waals surface area contributed by atoms with Gasteiger partial charge in [0.05, 0.1) is 17.1 Å². The van der Waals surface area contributed by atoms with E-state index in [1.165, 1.54) is 0 Å². The molecule has 0 spiro atoms. The Morgan fingerprint density at radius 2 is 1.86 bits per heavy atom. The van der Waals surface area contributed by atoms with Gasteiger partial charge in [-0.3, -0.25) is 4.79 Å². The number of hydrogen-bond donors (Lipinski definition) is 1. The number of anilines is 1. The number of aromatic nitrogens is 1. The summed E-state index contributed by atoms with van der Waals surface area (Å²) in [5.74, 6) is -0.301. The van der Waals surface area contributed by atoms with Crippen molar-refractivity contribution in [1.82, 2.24) is 4.57 Å². The van der Waals surface area contributed by atoms with Crippen LogP contribution in [0.1, 0.15) is 22.1 Å². The van der Waals surface area contributed by atoms with E-state index in [0.717, 1.165) is 16.8 Å². The fourth-order valence-corrected chi connectivity index (χ4v) is 3.64. The molecule has 0 unspecified atom stereocenters. The Balaban J connectivity index is 1.84. The maximum absolute atomic E-state index is 12.9. The zero-order chi connectivity index (χ0) is 19.8. The Morgan fingerprint density at radius 1 is 1.11 bits per heavy atom. The largest absolute Gasteiger partial charge is 0.322 e. The van der Waals surface area contributed by atoms with Gasteiger partial charge in [0, 0.05) is 22.3 Å². The molecule has 142 valence electrons. The third-order valence-electron chi connectivity index (χ3n) is 4.48. The summed E-state index contributed by atoms with van der Waals surface area (Å²) in [5, 5.41) is 12.0. The topological polar surface area (TPSA) is 58.8 Å². The molecule has 1 aliphatic rings. The summed E-state index contributed by atoms with van der Waals surface area (Å²) >= 11 is 18.3. The van der Waals surface area contributed by atoms with E-state index in [2.05, 4.69) is 15.5 Å². The van der Waals surface area contributed by atoms with Crippen LogP contribution in [0, 0.1) is 6.92 Å². The van der Waals surface area contributed by atoms with Gasteiger partial charge >= 0.3 is 0 Å². The molecule has 8 heteroatoms. The van der Waals surface area contributed by atoms with Gasteiger partial charge in [-0.15, -0.1) is 0 Å². The number of carbonyl (C=O) groups excluding carboxylic acids is 1. The SMILES string of the molecule is Cc1ccc2c(c1)-c1c(C(Cl)Cl)ccn1[C@@H](N=Nc1ccc(Cl)cc1)C(=O)N2. The predicted octanol–water partition coefficient (Wildman–Crippen LogP) is 6.83. The molecular formula is C20H15Cl3N4O. The first kappa shape index (κ1) is 19.0. The highest BCUT2D eigenvalue weighted by Gasteiger charge is 2.31. The van der Waals surface area contributed by atoms with Gasteiger partial charge in [-0.05, 0) is 49.4 Å². The third-order valence-corrected chi connectivity index (χ3v) is 5.20. The van der Waals surface area contributed by atoms with Crippen LogP contribution < -0.4 is 5.32 Å². The normalized spacial score (nSPS) is 16.0. The van der Waals surface area contributed by atoms with Gasteiger partial charge in [-0.2, -0.15) is 10.2 Å². The van der Waals surface area contributed by atoms with Crippen LogP contribution in [-0.4, -0.2) is 10.5 Å². The molecule has 1 aromatic heterocycles. The molecule has 2 heterocycles. The van der Waals surface area contributed by atoms with Gasteiger partial charge in [-0.25, -0.2) is 0 Å². The third kappa shape index (κ3) is 3.53. The quantitative estimate of drug-likeness (QED) is 0.357. The minimum atomic E-state index is -0.904. The minimum absolute atomic E-state index is 0.301. The van der Waals surface area contributed by atoms with Crippen LogP contribution in [0.3, 0.4) is 0 Å². The molecule has 0 fully saturated rings. The number of azo groups is 1. The standard InChI is InChI=1S/C20H15Cl3N4O/c1-11-2-7-16-15(10-11)17-14(18(22)23)8-9-27(17)19(20(28)24-16)26-25-13-5-3-12(21)4-6-13/h2-10,18-19H,1H3,(H,24,28)/t19-/m1/s1. The van der Waals surface area contributed by atoms with E-state index < -0.39 is 11.0 Å². The van der Waals surface area contributed by atoms with Crippen molar-refractivity contribution in [3.8, 4) is 11.3 Å². The van der Waals surface area contributed by atoms with E-state index in [1.54, 1.807) is 41.1 Å². The number of rotatable bonds is 3. The van der Waals surface area contributed by atoms with Gasteiger partial charge in [0.1, 0.15) is 4.84 Å². The monoisotopic (exact) mass is 432 g/mol. The van der Waals surface area contributed by atoms with Crippen LogP contribution in [0.2, 0.25) is 5.02 Å². The molecule has 3 aromatic rings. The zero-order valence-corrected chi connectivity index (χ0v) is 17.0. The van der Waals surface area contributed by atoms with Crippen molar-refractivity contribution < 1.29 is 4.79 Å². The van der Waals surface area contributed by atoms with Gasteiger partial charge in [0.2, 0.25) is 6.17 Å². The summed E-state index contributed by atoms with van der Waals surface area (Å²) in [6.45, 7) is 1.98. The van der Waals surface area contributed by atoms with Crippen LogP contribution in [0.5, 0.6) is 0 Å². The van der Waals surface area contributed by atoms with Crippen LogP contribution in [-0.2, 0) is 4.79 Å². The number of nitrogens with zero attached hydrogens (tertiary/aromatic N) is 3. The van der Waals surface area contributed by atoms with Crippen molar-refractivity contribution in [3.63, 3.8) is 0 Å². The maximum atomic E-state index is 12.9. The molecule has 1 aliphatic heterocycles. The van der Waals surface area contributed by atoms with Gasteiger partial charge in [-0.1, -0.05) is 46.4 Å². The first-order valence-electron chi connectivity index (χ1n) is 8.51. The van der Waals surface area contributed by atoms with Crippen molar-refractivity contribution in [1.29, 1.82) is 0 Å². The lowest BCUT2D eigenvalue weighted by Gasteiger charge is -2.14. The summed E-state index contributed by atoms with van der Waals surface area (Å²) in [7, 11) is 0. The summed E-state index contributed by atoms with van der Waals surface area (Å²) < 4.78 is 1.74. The summed E-state index contributed by atoms with van der Waals surface area (Å²) in [6.07, 6.45) is 0.851. The Kier molecular flexibility index (Phi) is 5.15. The van der Waals surface area contributed by atoms with Crippen LogP contribution in [0.4, 0.5) is 11.4 Å². The second-order valence-corrected chi connectivity index (χ2v) is 7.96. The van der Waals surface area contributed by atoms with Crippen molar-refractivity contribution in [2.24, 2.45) is 10.2 Å². The lowest BCUT2D eigenvalue weighted by Crippen LogP contribution is -2.22. The Morgan fingerprint density at radius 3 is 2.57 bits per heavy atom. The second-order valence-electron chi connectivity index (χ2n) is 6.43. The number of aryl methyl sites for hydroxylation is 1. The highest BCUT2D eigenvalue weighted by Crippen LogP contribution is 2.42. The van der Waals surface area contributed by atoms with Gasteiger partial charge < -0.3 is 9.88 Å². The molecule has 0 aliphatic carbocycles. The molecule has 0 bridgehead atoms. The molecule has 0 saturated carbocycles. The first-order valence-corrected chi connectivity index (χ1v) is 9.76. The molecule has 1 N–H and O–H groups in total. The van der Waals surface area contributed by atoms with Gasteiger partial charge in [0.25, 0.3) is 5.91 Å². The molecule has 28 heavy (non-hydrogen) atoms. The van der Waals surface area contributed by atoms with E-state index in [4.69, 9.17) is 34.8 Å². The van der Waals surface area contributed by atoms with Gasteiger partial charge in [0.15, 0.2) is 0 Å². The van der Waals surface area contributed by atoms with E-state index in [9.17, 15) is 4.79 Å². The lowest BCUT2D eigenvalue weighted by atomic mass is 10.0. The number of benzene rings is 2. The molecule has 1 amide bonds. The van der Waals surface area contributed by atoms with Crippen LogP contribution in [0.25, 0.3) is 11.3 Å². The summed E-state index contributed by atoms with van der Waals surface area (Å²) in [4.78, 5) is 12.2. The number of alkyl halides is 2. The zero-order valence-electron chi connectivity index (χ0n) is 14.7. The van der Waals surface area contributed by atoms with Crippen molar-refractivity contribution in [2.45, 2.75) is 17.9 Å². The minimum Gasteiger partial charge on any atom is -0.322 e. The van der Waals surface area contributed by atoms with Crippen LogP contribution in [0.15, 0.2) is 65.0 Å². The number of amides is 1. The Labute approximate surface area is 176 Å². The maximum Gasteiger partial charge on any atom is 0.272 e. The molecule has 0 radical (unpaired) electrons. The van der Waals surface area contributed by atoms with E-state index in [0.29, 0.717) is 22.0 Å². The van der Waals surface area contributed by atoms with Crippen molar-refractivity contribution >= 4 is 52.1 Å². The predicted molar refractivity (Wildman–Crippen MR) is 113 cm³/mol. The molecule has 2 aromatic carbocycles. The van der Waals surface area contributed by atoms with Crippen LogP contribution >= 0.6 is 34.8 Å². The second kappa shape index (κ2) is 7.59. The highest BCUT2D eigenvalue weighted by molar-refractivity contribution is 6.44. The van der Waals surface area contributed by atoms with E-state index in [1.807, 2.05) is 25.1 Å². The lowest BCUT2D eigenvalue weighted by molar-refractivity contribution is -0.119. The van der Waals surface area contributed by atoms with Crippen molar-refractivity contribution in [2.75, 3.05) is 5.32 Å². The Bertz CT molecular complexity index is 1070. The summed E-state index contributed by atoms with van der Waals surface area (Å²) in [5.41, 5.74) is 4.61. The highest BCUT2D eigenvalue weighted by atomic mass is 35.5. The van der Waals surface area contributed by atoms with E-state index >= 15 is 0 Å². The first-order chi connectivity index (χ1) is 13.4. The fraction of sp³-hybridized carbons (Fsp3) is 0.150. The molecule has 4 rings (SSSR count). The Hall–Kier alpha value is -2.34. The van der Waals surface area contributed by atoms with E-state index in [-0.39, 0.29) is 5.91 Å². The number of carbonyl (C=O) groups is 1. The average Bonchev–Trinajstić information content (AvgIpc) is 3.05. The molecule has 1 atom stereocenters. The summed E-state index contributed by atoms with van der Waals surface area (Å²) in [6, 6.07) is 14.5. The number of nitrogens with one attached hydrogen (secondary N) is 1. The van der Waals surface area contributed by atoms with Crippen molar-refractivity contribution in [3.05, 3.63) is 70.9 Å². The molecule has 0 saturated heterocycles. The average molecular weight is 434 g/mol. The number of halogens is 3. The number of fused-ring (bicyclic) bond motifs is 3.